The Morgan fingerprint density at radius 3 is 1.39 bits per heavy atom. The van der Waals surface area contributed by atoms with Crippen LogP contribution in [0.4, 0.5) is 0 Å². The normalized spacial score (nSPS) is 13.5. The monoisotopic (exact) mass is 857 g/mol. The van der Waals surface area contributed by atoms with Gasteiger partial charge in [-0.2, -0.15) is 0 Å². The summed E-state index contributed by atoms with van der Waals surface area (Å²) in [6.45, 7) is 4.69. The molecule has 1 N–H and O–H groups in total. The second-order valence-electron chi connectivity index (χ2n) is 17.0. The molecule has 9 nitrogen and oxygen atoms in total. The summed E-state index contributed by atoms with van der Waals surface area (Å²) < 4.78 is 22.7. The molecule has 0 saturated heterocycles. The van der Waals surface area contributed by atoms with E-state index in [1.54, 1.807) is 0 Å². The smallest absolute Gasteiger partial charge is 0.361 e. The Kier molecular flexibility index (Phi) is 41.1. The number of carboxylic acids is 1. The molecule has 0 spiro atoms. The molecule has 0 aromatic rings. The number of carbonyl (C=O) groups is 3. The molecule has 2 unspecified atom stereocenters. The van der Waals surface area contributed by atoms with Gasteiger partial charge in [0, 0.05) is 12.8 Å². The molecule has 0 aliphatic rings. The van der Waals surface area contributed by atoms with Crippen LogP contribution in [0.3, 0.4) is 0 Å². The van der Waals surface area contributed by atoms with Gasteiger partial charge in [0.25, 0.3) is 6.29 Å². The fourth-order valence-corrected chi connectivity index (χ4v) is 6.21. The third-order valence-corrected chi connectivity index (χ3v) is 9.95. The van der Waals surface area contributed by atoms with E-state index in [2.05, 4.69) is 86.8 Å². The Hall–Kier alpha value is -3.27. The average molecular weight is 857 g/mol. The van der Waals surface area contributed by atoms with E-state index < -0.39 is 24.3 Å². The third kappa shape index (κ3) is 44.6. The van der Waals surface area contributed by atoms with Crippen molar-refractivity contribution >= 4 is 17.9 Å². The number of likely N-dealkylation sites (N-methyl/N-ethyl adjacent to an activating group) is 1. The quantitative estimate of drug-likeness (QED) is 0.0212. The second kappa shape index (κ2) is 43.4. The van der Waals surface area contributed by atoms with Gasteiger partial charge in [-0.15, -0.1) is 0 Å². The maximum atomic E-state index is 12.8. The minimum absolute atomic E-state index is 0.178. The number of allylic oxidation sites excluding steroid dienone is 12. The van der Waals surface area contributed by atoms with Crippen LogP contribution in [0.15, 0.2) is 72.9 Å². The Morgan fingerprint density at radius 2 is 0.934 bits per heavy atom. The maximum absolute atomic E-state index is 12.8. The van der Waals surface area contributed by atoms with E-state index in [0.717, 1.165) is 77.0 Å². The number of carbonyl (C=O) groups excluding carboxylic acids is 2. The lowest BCUT2D eigenvalue weighted by Crippen LogP contribution is -2.40. The highest BCUT2D eigenvalue weighted by atomic mass is 16.7. The molecule has 0 bridgehead atoms. The lowest BCUT2D eigenvalue weighted by molar-refractivity contribution is -0.870. The first-order chi connectivity index (χ1) is 29.6. The predicted molar refractivity (Wildman–Crippen MR) is 253 cm³/mol. The van der Waals surface area contributed by atoms with Crippen LogP contribution in [-0.2, 0) is 33.3 Å². The lowest BCUT2D eigenvalue weighted by atomic mass is 10.1. The summed E-state index contributed by atoms with van der Waals surface area (Å²) in [6, 6.07) is 0. The first kappa shape index (κ1) is 57.7. The standard InChI is InChI=1S/C52H89NO8/c1-6-8-10-12-14-16-18-20-22-24-25-27-28-30-32-34-36-38-40-42-49(54)59-46-48(47-60-52(51(56)57)58-45-44-53(3,4)5)61-50(55)43-41-39-37-35-33-31-29-26-23-21-19-17-15-13-11-9-7-2/h9,11,14-17,20-23,29,31,48,52H,6-8,10,12-13,18-19,24-28,30,32-47H2,1-5H3/p+1/b11-9-,16-14-,17-15-,22-20-,23-21-,31-29-. The fraction of sp³-hybridized carbons (Fsp3) is 0.712. The van der Waals surface area contributed by atoms with Crippen LogP contribution in [0.5, 0.6) is 0 Å². The molecule has 0 saturated carbocycles. The van der Waals surface area contributed by atoms with Crippen molar-refractivity contribution in [3.8, 4) is 0 Å². The number of carboxylic acid groups (broad SMARTS) is 1. The van der Waals surface area contributed by atoms with Crippen LogP contribution in [0.2, 0.25) is 0 Å². The largest absolute Gasteiger partial charge is 0.477 e. The van der Waals surface area contributed by atoms with Crippen LogP contribution in [0.25, 0.3) is 0 Å². The zero-order valence-electron chi connectivity index (χ0n) is 39.5. The average Bonchev–Trinajstić information content (AvgIpc) is 3.22. The molecule has 0 aliphatic heterocycles. The highest BCUT2D eigenvalue weighted by Crippen LogP contribution is 2.14. The van der Waals surface area contributed by atoms with Crippen molar-refractivity contribution in [2.75, 3.05) is 47.5 Å². The molecule has 0 fully saturated rings. The molecule has 0 aliphatic carbocycles. The molecule has 0 rings (SSSR count). The van der Waals surface area contributed by atoms with Crippen molar-refractivity contribution in [1.29, 1.82) is 0 Å². The molecule has 61 heavy (non-hydrogen) atoms. The van der Waals surface area contributed by atoms with Gasteiger partial charge in [-0.25, -0.2) is 4.79 Å². The first-order valence-electron chi connectivity index (χ1n) is 24.1. The van der Waals surface area contributed by atoms with Crippen molar-refractivity contribution in [3.63, 3.8) is 0 Å². The van der Waals surface area contributed by atoms with Crippen LogP contribution in [0, 0.1) is 0 Å². The van der Waals surface area contributed by atoms with Crippen molar-refractivity contribution in [2.24, 2.45) is 0 Å². The van der Waals surface area contributed by atoms with Gasteiger partial charge in [0.1, 0.15) is 13.2 Å². The zero-order valence-corrected chi connectivity index (χ0v) is 39.5. The second-order valence-corrected chi connectivity index (χ2v) is 17.0. The number of quaternary nitrogens is 1. The molecular formula is C52H90NO8+. The summed E-state index contributed by atoms with van der Waals surface area (Å²) in [7, 11) is 5.94. The predicted octanol–water partition coefficient (Wildman–Crippen LogP) is 13.1. The minimum atomic E-state index is -1.52. The van der Waals surface area contributed by atoms with Crippen LogP contribution < -0.4 is 0 Å². The summed E-state index contributed by atoms with van der Waals surface area (Å²) in [5, 5.41) is 9.65. The summed E-state index contributed by atoms with van der Waals surface area (Å²) in [6.07, 6.45) is 51.0. The van der Waals surface area contributed by atoms with E-state index in [0.29, 0.717) is 17.4 Å². The van der Waals surface area contributed by atoms with Gasteiger partial charge in [0.05, 0.1) is 34.4 Å². The third-order valence-electron chi connectivity index (χ3n) is 9.95. The molecule has 0 radical (unpaired) electrons. The Balaban J connectivity index is 4.44. The van der Waals surface area contributed by atoms with Gasteiger partial charge in [0.2, 0.25) is 0 Å². The van der Waals surface area contributed by atoms with Gasteiger partial charge >= 0.3 is 17.9 Å². The van der Waals surface area contributed by atoms with E-state index in [4.69, 9.17) is 18.9 Å². The topological polar surface area (TPSA) is 108 Å². The van der Waals surface area contributed by atoms with E-state index in [-0.39, 0.29) is 38.6 Å². The molecule has 9 heteroatoms. The van der Waals surface area contributed by atoms with Crippen LogP contribution in [-0.4, -0.2) is 87.4 Å². The Labute approximate surface area is 373 Å². The lowest BCUT2D eigenvalue weighted by Gasteiger charge is -2.25. The van der Waals surface area contributed by atoms with Gasteiger partial charge in [0.15, 0.2) is 6.10 Å². The van der Waals surface area contributed by atoms with E-state index in [1.165, 1.54) is 70.6 Å². The molecule has 0 heterocycles. The van der Waals surface area contributed by atoms with E-state index in [9.17, 15) is 19.5 Å². The molecule has 0 amide bonds. The molecule has 2 atom stereocenters. The summed E-state index contributed by atoms with van der Waals surface area (Å²) >= 11 is 0. The summed E-state index contributed by atoms with van der Waals surface area (Å²) in [4.78, 5) is 37.2. The summed E-state index contributed by atoms with van der Waals surface area (Å²) in [5.74, 6) is -2.05. The summed E-state index contributed by atoms with van der Waals surface area (Å²) in [5.41, 5.74) is 0. The number of hydrogen-bond donors (Lipinski definition) is 1. The number of rotatable bonds is 43. The van der Waals surface area contributed by atoms with Crippen molar-refractivity contribution in [2.45, 2.75) is 193 Å². The van der Waals surface area contributed by atoms with Crippen LogP contribution in [0.1, 0.15) is 181 Å². The van der Waals surface area contributed by atoms with Crippen molar-refractivity contribution in [1.82, 2.24) is 0 Å². The fourth-order valence-electron chi connectivity index (χ4n) is 6.21. The Morgan fingerprint density at radius 1 is 0.508 bits per heavy atom. The van der Waals surface area contributed by atoms with Crippen LogP contribution >= 0.6 is 0 Å². The Bertz CT molecular complexity index is 1230. The molecule has 0 aromatic heterocycles. The first-order valence-corrected chi connectivity index (χ1v) is 24.1. The number of ether oxygens (including phenoxy) is 4. The zero-order chi connectivity index (χ0) is 44.9. The van der Waals surface area contributed by atoms with Gasteiger partial charge in [-0.3, -0.25) is 9.59 Å². The number of unbranched alkanes of at least 4 members (excludes halogenated alkanes) is 16. The van der Waals surface area contributed by atoms with E-state index >= 15 is 0 Å². The van der Waals surface area contributed by atoms with Gasteiger partial charge < -0.3 is 28.5 Å². The van der Waals surface area contributed by atoms with Crippen molar-refractivity contribution in [3.05, 3.63) is 72.9 Å². The minimum Gasteiger partial charge on any atom is -0.477 e. The number of aliphatic carboxylic acids is 1. The highest BCUT2D eigenvalue weighted by Gasteiger charge is 2.25. The van der Waals surface area contributed by atoms with Crippen molar-refractivity contribution < 1.29 is 42.9 Å². The van der Waals surface area contributed by atoms with E-state index in [1.807, 2.05) is 21.1 Å². The highest BCUT2D eigenvalue weighted by molar-refractivity contribution is 5.71. The molecule has 0 aromatic carbocycles. The van der Waals surface area contributed by atoms with Gasteiger partial charge in [-0.05, 0) is 83.5 Å². The van der Waals surface area contributed by atoms with Gasteiger partial charge in [-0.1, -0.05) is 157 Å². The molecular weight excluding hydrogens is 767 g/mol. The number of nitrogens with zero attached hydrogens (tertiary/aromatic N) is 1. The molecule has 350 valence electrons. The SMILES string of the molecule is CC/C=C\C/C=C\C/C=C\C/C=C\CCCCCCC(=O)OC(COC(=O)CCCCCCCCCCC/C=C\C/C=C\CCCCC)COC(OCC[N+](C)(C)C)C(=O)O. The number of esters is 2. The number of hydrogen-bond acceptors (Lipinski definition) is 7. The maximum Gasteiger partial charge on any atom is 0.361 e.